The zero-order chi connectivity index (χ0) is 12.5. The Balaban J connectivity index is 1.77. The van der Waals surface area contributed by atoms with Gasteiger partial charge in [-0.05, 0) is 36.6 Å². The molecule has 0 saturated carbocycles. The normalized spacial score (nSPS) is 19.3. The van der Waals surface area contributed by atoms with Gasteiger partial charge in [0.25, 0.3) is 0 Å². The summed E-state index contributed by atoms with van der Waals surface area (Å²) in [6, 6.07) is 12.6. The molecule has 2 heterocycles. The SMILES string of the molecule is CCc1ccc(C(O)C2Cc3ccccc3N2)s1. The second-order valence-corrected chi connectivity index (χ2v) is 5.91. The molecule has 0 radical (unpaired) electrons. The first kappa shape index (κ1) is 11.8. The summed E-state index contributed by atoms with van der Waals surface area (Å²) in [7, 11) is 0. The van der Waals surface area contributed by atoms with Crippen LogP contribution in [0.4, 0.5) is 5.69 Å². The highest BCUT2D eigenvalue weighted by Gasteiger charge is 2.28. The lowest BCUT2D eigenvalue weighted by atomic mass is 10.0. The third-order valence-corrected chi connectivity index (χ3v) is 4.80. The third kappa shape index (κ3) is 2.04. The molecular formula is C15H17NOS. The smallest absolute Gasteiger partial charge is 0.108 e. The number of nitrogens with one attached hydrogen (secondary N) is 1. The van der Waals surface area contributed by atoms with E-state index in [0.29, 0.717) is 0 Å². The molecule has 0 spiro atoms. The Bertz CT molecular complexity index is 524. The molecule has 1 aliphatic heterocycles. The van der Waals surface area contributed by atoms with Crippen LogP contribution in [0.15, 0.2) is 36.4 Å². The molecule has 2 N–H and O–H groups in total. The number of hydrogen-bond acceptors (Lipinski definition) is 3. The average Bonchev–Trinajstić information content (AvgIpc) is 3.04. The second-order valence-electron chi connectivity index (χ2n) is 4.71. The summed E-state index contributed by atoms with van der Waals surface area (Å²) in [4.78, 5) is 2.40. The van der Waals surface area contributed by atoms with Crippen LogP contribution in [0.3, 0.4) is 0 Å². The maximum atomic E-state index is 10.4. The van der Waals surface area contributed by atoms with E-state index in [1.165, 1.54) is 10.4 Å². The van der Waals surface area contributed by atoms with Crippen molar-refractivity contribution in [3.63, 3.8) is 0 Å². The van der Waals surface area contributed by atoms with Gasteiger partial charge in [0.2, 0.25) is 0 Å². The van der Waals surface area contributed by atoms with Gasteiger partial charge in [0.1, 0.15) is 6.10 Å². The van der Waals surface area contributed by atoms with E-state index in [2.05, 4.69) is 42.6 Å². The summed E-state index contributed by atoms with van der Waals surface area (Å²) in [6.07, 6.45) is 1.52. The summed E-state index contributed by atoms with van der Waals surface area (Å²) in [6.45, 7) is 2.14. The molecular weight excluding hydrogens is 242 g/mol. The van der Waals surface area contributed by atoms with Gasteiger partial charge >= 0.3 is 0 Å². The van der Waals surface area contributed by atoms with E-state index in [1.807, 2.05) is 6.07 Å². The number of rotatable bonds is 3. The molecule has 2 unspecified atom stereocenters. The Morgan fingerprint density at radius 3 is 2.89 bits per heavy atom. The van der Waals surface area contributed by atoms with Crippen molar-refractivity contribution in [3.05, 3.63) is 51.7 Å². The van der Waals surface area contributed by atoms with Gasteiger partial charge in [0.15, 0.2) is 0 Å². The number of anilines is 1. The Labute approximate surface area is 111 Å². The summed E-state index contributed by atoms with van der Waals surface area (Å²) in [5.74, 6) is 0. The van der Waals surface area contributed by atoms with Gasteiger partial charge in [-0.25, -0.2) is 0 Å². The average molecular weight is 259 g/mol. The summed E-state index contributed by atoms with van der Waals surface area (Å²) >= 11 is 1.72. The zero-order valence-corrected chi connectivity index (χ0v) is 11.2. The molecule has 0 amide bonds. The van der Waals surface area contributed by atoms with E-state index in [4.69, 9.17) is 0 Å². The van der Waals surface area contributed by atoms with Crippen LogP contribution >= 0.6 is 11.3 Å². The van der Waals surface area contributed by atoms with E-state index < -0.39 is 6.10 Å². The van der Waals surface area contributed by atoms with E-state index >= 15 is 0 Å². The summed E-state index contributed by atoms with van der Waals surface area (Å²) in [5.41, 5.74) is 2.46. The molecule has 0 fully saturated rings. The molecule has 0 aliphatic carbocycles. The maximum Gasteiger partial charge on any atom is 0.108 e. The Morgan fingerprint density at radius 1 is 1.33 bits per heavy atom. The quantitative estimate of drug-likeness (QED) is 0.885. The van der Waals surface area contributed by atoms with Crippen molar-refractivity contribution in [1.29, 1.82) is 0 Å². The molecule has 94 valence electrons. The lowest BCUT2D eigenvalue weighted by molar-refractivity contribution is 0.160. The number of para-hydroxylation sites is 1. The van der Waals surface area contributed by atoms with Crippen LogP contribution in [0.2, 0.25) is 0 Å². The maximum absolute atomic E-state index is 10.4. The second kappa shape index (κ2) is 4.75. The van der Waals surface area contributed by atoms with Crippen molar-refractivity contribution in [1.82, 2.24) is 0 Å². The van der Waals surface area contributed by atoms with Gasteiger partial charge in [-0.1, -0.05) is 25.1 Å². The van der Waals surface area contributed by atoms with Crippen LogP contribution in [0.5, 0.6) is 0 Å². The van der Waals surface area contributed by atoms with Gasteiger partial charge in [0.05, 0.1) is 6.04 Å². The molecule has 3 rings (SSSR count). The van der Waals surface area contributed by atoms with Crippen molar-refractivity contribution in [2.45, 2.75) is 31.9 Å². The number of aliphatic hydroxyl groups excluding tert-OH is 1. The van der Waals surface area contributed by atoms with Crippen molar-refractivity contribution in [3.8, 4) is 0 Å². The van der Waals surface area contributed by atoms with Crippen molar-refractivity contribution in [2.24, 2.45) is 0 Å². The molecule has 1 aliphatic rings. The van der Waals surface area contributed by atoms with Gasteiger partial charge in [-0.3, -0.25) is 0 Å². The van der Waals surface area contributed by atoms with Crippen LogP contribution in [0.1, 0.15) is 28.3 Å². The van der Waals surface area contributed by atoms with Crippen molar-refractivity contribution >= 4 is 17.0 Å². The number of hydrogen-bond donors (Lipinski definition) is 2. The molecule has 2 nitrogen and oxygen atoms in total. The number of thiophene rings is 1. The minimum absolute atomic E-state index is 0.103. The van der Waals surface area contributed by atoms with Crippen LogP contribution in [-0.4, -0.2) is 11.1 Å². The Kier molecular flexibility index (Phi) is 3.10. The monoisotopic (exact) mass is 259 g/mol. The molecule has 1 aromatic carbocycles. The molecule has 3 heteroatoms. The van der Waals surface area contributed by atoms with E-state index in [9.17, 15) is 5.11 Å². The predicted molar refractivity (Wildman–Crippen MR) is 76.2 cm³/mol. The Morgan fingerprint density at radius 2 is 2.17 bits per heavy atom. The minimum atomic E-state index is -0.414. The predicted octanol–water partition coefficient (Wildman–Crippen LogP) is 3.38. The summed E-state index contributed by atoms with van der Waals surface area (Å²) in [5, 5.41) is 13.9. The zero-order valence-electron chi connectivity index (χ0n) is 10.4. The van der Waals surface area contributed by atoms with Crippen LogP contribution in [-0.2, 0) is 12.8 Å². The lowest BCUT2D eigenvalue weighted by Gasteiger charge is -2.17. The van der Waals surface area contributed by atoms with E-state index in [1.54, 1.807) is 11.3 Å². The highest BCUT2D eigenvalue weighted by Crippen LogP contribution is 2.34. The van der Waals surface area contributed by atoms with Gasteiger partial charge in [-0.2, -0.15) is 0 Å². The first-order chi connectivity index (χ1) is 8.78. The molecule has 18 heavy (non-hydrogen) atoms. The van der Waals surface area contributed by atoms with Crippen molar-refractivity contribution in [2.75, 3.05) is 5.32 Å². The Hall–Kier alpha value is -1.32. The van der Waals surface area contributed by atoms with Crippen molar-refractivity contribution < 1.29 is 5.11 Å². The number of aliphatic hydroxyl groups is 1. The van der Waals surface area contributed by atoms with E-state index in [-0.39, 0.29) is 6.04 Å². The van der Waals surface area contributed by atoms with E-state index in [0.717, 1.165) is 23.4 Å². The van der Waals surface area contributed by atoms with Crippen LogP contribution in [0.25, 0.3) is 0 Å². The minimum Gasteiger partial charge on any atom is -0.385 e. The largest absolute Gasteiger partial charge is 0.385 e. The standard InChI is InChI=1S/C15H17NOS/c1-2-11-7-8-14(18-11)15(17)13-9-10-5-3-4-6-12(10)16-13/h3-8,13,15-17H,2,9H2,1H3. The molecule has 1 aromatic heterocycles. The number of fused-ring (bicyclic) bond motifs is 1. The molecule has 2 aromatic rings. The fourth-order valence-corrected chi connectivity index (χ4v) is 3.46. The first-order valence-corrected chi connectivity index (χ1v) is 7.20. The summed E-state index contributed by atoms with van der Waals surface area (Å²) < 4.78 is 0. The number of benzene rings is 1. The van der Waals surface area contributed by atoms with Crippen LogP contribution in [0, 0.1) is 0 Å². The highest BCUT2D eigenvalue weighted by molar-refractivity contribution is 7.12. The fourth-order valence-electron chi connectivity index (χ4n) is 2.46. The lowest BCUT2D eigenvalue weighted by Crippen LogP contribution is -2.24. The molecule has 0 bridgehead atoms. The highest BCUT2D eigenvalue weighted by atomic mass is 32.1. The third-order valence-electron chi connectivity index (χ3n) is 3.50. The van der Waals surface area contributed by atoms with Gasteiger partial charge in [0, 0.05) is 15.4 Å². The fraction of sp³-hybridized carbons (Fsp3) is 0.333. The molecule has 0 saturated heterocycles. The van der Waals surface area contributed by atoms with Crippen LogP contribution < -0.4 is 5.32 Å². The topological polar surface area (TPSA) is 32.3 Å². The van der Waals surface area contributed by atoms with Gasteiger partial charge < -0.3 is 10.4 Å². The first-order valence-electron chi connectivity index (χ1n) is 6.39. The van der Waals surface area contributed by atoms with Gasteiger partial charge in [-0.15, -0.1) is 11.3 Å². The number of aryl methyl sites for hydroxylation is 1. The molecule has 2 atom stereocenters.